The van der Waals surface area contributed by atoms with Gasteiger partial charge in [-0.1, -0.05) is 34.6 Å². The van der Waals surface area contributed by atoms with Crippen LogP contribution in [0.5, 0.6) is 0 Å². The van der Waals surface area contributed by atoms with Crippen LogP contribution in [0, 0.1) is 11.8 Å². The number of amides is 2. The quantitative estimate of drug-likeness (QED) is 0.695. The molecule has 0 aliphatic carbocycles. The molecule has 0 aromatic heterocycles. The predicted molar refractivity (Wildman–Crippen MR) is 82.8 cm³/mol. The fraction of sp³-hybridized carbons (Fsp3) is 0.875. The van der Waals surface area contributed by atoms with Gasteiger partial charge >= 0.3 is 0 Å². The summed E-state index contributed by atoms with van der Waals surface area (Å²) in [6.45, 7) is 11.9. The van der Waals surface area contributed by atoms with Gasteiger partial charge < -0.3 is 15.0 Å². The molecule has 0 aromatic rings. The van der Waals surface area contributed by atoms with Crippen LogP contribution in [0.3, 0.4) is 0 Å². The van der Waals surface area contributed by atoms with E-state index in [1.54, 1.807) is 4.90 Å². The van der Waals surface area contributed by atoms with Crippen molar-refractivity contribution in [1.29, 1.82) is 0 Å². The minimum absolute atomic E-state index is 0.0298. The summed E-state index contributed by atoms with van der Waals surface area (Å²) in [6.07, 6.45) is 1.77. The van der Waals surface area contributed by atoms with Crippen molar-refractivity contribution < 1.29 is 14.3 Å². The highest BCUT2D eigenvalue weighted by Crippen LogP contribution is 2.20. The second-order valence-corrected chi connectivity index (χ2v) is 6.42. The summed E-state index contributed by atoms with van der Waals surface area (Å²) >= 11 is 0. The van der Waals surface area contributed by atoms with Gasteiger partial charge in [0.15, 0.2) is 0 Å². The predicted octanol–water partition coefficient (Wildman–Crippen LogP) is 1.81. The minimum Gasteiger partial charge on any atom is -0.381 e. The molecule has 1 N–H and O–H groups in total. The number of hydrogen-bond donors (Lipinski definition) is 1. The standard InChI is InChI=1S/C16H30N2O3/c1-6-9-21-10-7-8-18-14(12(4)5)15(19)17-13(11(2)3)16(18)20/h11-14H,6-10H2,1-5H3,(H,17,19). The summed E-state index contributed by atoms with van der Waals surface area (Å²) in [4.78, 5) is 26.7. The number of hydrogen-bond acceptors (Lipinski definition) is 3. The molecule has 1 aliphatic rings. The number of nitrogens with zero attached hydrogens (tertiary/aromatic N) is 1. The van der Waals surface area contributed by atoms with Gasteiger partial charge in [-0.3, -0.25) is 9.59 Å². The van der Waals surface area contributed by atoms with Crippen molar-refractivity contribution in [1.82, 2.24) is 10.2 Å². The van der Waals surface area contributed by atoms with Gasteiger partial charge in [0.25, 0.3) is 0 Å². The highest BCUT2D eigenvalue weighted by Gasteiger charge is 2.42. The SMILES string of the molecule is CCCOCCCN1C(=O)C(C(C)C)NC(=O)C1C(C)C. The van der Waals surface area contributed by atoms with Crippen LogP contribution in [-0.4, -0.2) is 48.6 Å². The monoisotopic (exact) mass is 298 g/mol. The molecule has 0 saturated carbocycles. The Balaban J connectivity index is 2.71. The molecular weight excluding hydrogens is 268 g/mol. The second kappa shape index (κ2) is 8.37. The van der Waals surface area contributed by atoms with Crippen LogP contribution in [0.4, 0.5) is 0 Å². The van der Waals surface area contributed by atoms with Crippen LogP contribution < -0.4 is 5.32 Å². The van der Waals surface area contributed by atoms with Crippen LogP contribution in [0.1, 0.15) is 47.5 Å². The first-order chi connectivity index (χ1) is 9.90. The molecule has 1 aliphatic heterocycles. The molecule has 0 spiro atoms. The van der Waals surface area contributed by atoms with E-state index in [-0.39, 0.29) is 29.7 Å². The Morgan fingerprint density at radius 3 is 2.33 bits per heavy atom. The van der Waals surface area contributed by atoms with Crippen molar-refractivity contribution in [3.63, 3.8) is 0 Å². The van der Waals surface area contributed by atoms with Crippen LogP contribution in [0.15, 0.2) is 0 Å². The van der Waals surface area contributed by atoms with Crippen LogP contribution in [0.2, 0.25) is 0 Å². The van der Waals surface area contributed by atoms with Gasteiger partial charge in [0.1, 0.15) is 12.1 Å². The highest BCUT2D eigenvalue weighted by molar-refractivity contribution is 5.97. The summed E-state index contributed by atoms with van der Waals surface area (Å²) in [5, 5.41) is 2.88. The number of carbonyl (C=O) groups is 2. The van der Waals surface area contributed by atoms with E-state index in [2.05, 4.69) is 12.2 Å². The van der Waals surface area contributed by atoms with Crippen LogP contribution in [-0.2, 0) is 14.3 Å². The molecule has 1 saturated heterocycles. The van der Waals surface area contributed by atoms with Gasteiger partial charge in [-0.15, -0.1) is 0 Å². The zero-order chi connectivity index (χ0) is 16.0. The molecule has 0 aromatic carbocycles. The smallest absolute Gasteiger partial charge is 0.246 e. The lowest BCUT2D eigenvalue weighted by molar-refractivity contribution is -0.152. The largest absolute Gasteiger partial charge is 0.381 e. The first kappa shape index (κ1) is 18.0. The molecule has 1 rings (SSSR count). The Hall–Kier alpha value is -1.10. The number of rotatable bonds is 8. The fourth-order valence-corrected chi connectivity index (χ4v) is 2.70. The van der Waals surface area contributed by atoms with Gasteiger partial charge in [-0.25, -0.2) is 0 Å². The molecule has 2 atom stereocenters. The third kappa shape index (κ3) is 4.70. The van der Waals surface area contributed by atoms with Crippen molar-refractivity contribution in [2.24, 2.45) is 11.8 Å². The molecule has 5 nitrogen and oxygen atoms in total. The first-order valence-electron chi connectivity index (χ1n) is 8.08. The van der Waals surface area contributed by atoms with Gasteiger partial charge in [-0.2, -0.15) is 0 Å². The highest BCUT2D eigenvalue weighted by atomic mass is 16.5. The molecule has 21 heavy (non-hydrogen) atoms. The summed E-state index contributed by atoms with van der Waals surface area (Å²) in [5.41, 5.74) is 0. The van der Waals surface area contributed by atoms with Crippen molar-refractivity contribution in [2.75, 3.05) is 19.8 Å². The van der Waals surface area contributed by atoms with Crippen molar-refractivity contribution in [2.45, 2.75) is 59.5 Å². The van der Waals surface area contributed by atoms with E-state index in [0.29, 0.717) is 13.2 Å². The molecule has 0 radical (unpaired) electrons. The number of piperazine rings is 1. The maximum absolute atomic E-state index is 12.6. The van der Waals surface area contributed by atoms with E-state index in [9.17, 15) is 9.59 Å². The fourth-order valence-electron chi connectivity index (χ4n) is 2.70. The number of ether oxygens (including phenoxy) is 1. The average molecular weight is 298 g/mol. The van der Waals surface area contributed by atoms with Gasteiger partial charge in [-0.05, 0) is 24.7 Å². The van der Waals surface area contributed by atoms with Crippen LogP contribution in [0.25, 0.3) is 0 Å². The zero-order valence-corrected chi connectivity index (χ0v) is 14.0. The molecule has 5 heteroatoms. The molecular formula is C16H30N2O3. The summed E-state index contributed by atoms with van der Waals surface area (Å²) in [7, 11) is 0. The summed E-state index contributed by atoms with van der Waals surface area (Å²) < 4.78 is 5.47. The third-order valence-electron chi connectivity index (χ3n) is 3.79. The lowest BCUT2D eigenvalue weighted by atomic mass is 9.93. The molecule has 1 heterocycles. The number of carbonyl (C=O) groups excluding carboxylic acids is 2. The molecule has 0 bridgehead atoms. The second-order valence-electron chi connectivity index (χ2n) is 6.42. The minimum atomic E-state index is -0.399. The molecule has 2 unspecified atom stereocenters. The van der Waals surface area contributed by atoms with E-state index in [0.717, 1.165) is 19.4 Å². The van der Waals surface area contributed by atoms with E-state index in [1.807, 2.05) is 27.7 Å². The van der Waals surface area contributed by atoms with Crippen molar-refractivity contribution >= 4 is 11.8 Å². The maximum Gasteiger partial charge on any atom is 0.246 e. The topological polar surface area (TPSA) is 58.6 Å². The van der Waals surface area contributed by atoms with Gasteiger partial charge in [0, 0.05) is 19.8 Å². The van der Waals surface area contributed by atoms with Crippen molar-refractivity contribution in [3.8, 4) is 0 Å². The normalized spacial score (nSPS) is 23.1. The Bertz CT molecular complexity index is 355. The Kier molecular flexibility index (Phi) is 7.15. The summed E-state index contributed by atoms with van der Waals surface area (Å²) in [5.74, 6) is 0.226. The van der Waals surface area contributed by atoms with E-state index >= 15 is 0 Å². The lowest BCUT2D eigenvalue weighted by Crippen LogP contribution is -2.66. The molecule has 1 fully saturated rings. The Labute approximate surface area is 128 Å². The van der Waals surface area contributed by atoms with E-state index in [4.69, 9.17) is 4.74 Å². The van der Waals surface area contributed by atoms with Crippen molar-refractivity contribution in [3.05, 3.63) is 0 Å². The number of nitrogens with one attached hydrogen (secondary N) is 1. The van der Waals surface area contributed by atoms with E-state index < -0.39 is 6.04 Å². The molecule has 122 valence electrons. The maximum atomic E-state index is 12.6. The lowest BCUT2D eigenvalue weighted by Gasteiger charge is -2.42. The first-order valence-corrected chi connectivity index (χ1v) is 8.08. The van der Waals surface area contributed by atoms with Gasteiger partial charge in [0.2, 0.25) is 11.8 Å². The van der Waals surface area contributed by atoms with Gasteiger partial charge in [0.05, 0.1) is 0 Å². The van der Waals surface area contributed by atoms with E-state index in [1.165, 1.54) is 0 Å². The average Bonchev–Trinajstić information content (AvgIpc) is 2.40. The summed E-state index contributed by atoms with van der Waals surface area (Å²) in [6, 6.07) is -0.761. The third-order valence-corrected chi connectivity index (χ3v) is 3.79. The zero-order valence-electron chi connectivity index (χ0n) is 14.0. The van der Waals surface area contributed by atoms with Crippen LogP contribution >= 0.6 is 0 Å². The molecule has 2 amide bonds. The Morgan fingerprint density at radius 1 is 1.14 bits per heavy atom. The Morgan fingerprint density at radius 2 is 1.81 bits per heavy atom.